The summed E-state index contributed by atoms with van der Waals surface area (Å²) >= 11 is 7.82. The minimum absolute atomic E-state index is 0.0118. The van der Waals surface area contributed by atoms with E-state index < -0.39 is 0 Å². The molecule has 4 aromatic rings. The quantitative estimate of drug-likeness (QED) is 0.332. The van der Waals surface area contributed by atoms with Crippen molar-refractivity contribution in [3.8, 4) is 5.75 Å². The number of benzene rings is 3. The van der Waals surface area contributed by atoms with Crippen molar-refractivity contribution in [3.63, 3.8) is 0 Å². The van der Waals surface area contributed by atoms with E-state index in [1.165, 1.54) is 16.9 Å². The zero-order chi connectivity index (χ0) is 21.8. The SMILES string of the molecule is CCc1ccc(CC(=O)N(Cc2ccccc2)c2nc3c(OC)ccc(Cl)c3s2)cc1. The molecule has 31 heavy (non-hydrogen) atoms. The lowest BCUT2D eigenvalue weighted by molar-refractivity contribution is -0.118. The second-order valence-corrected chi connectivity index (χ2v) is 8.62. The maximum Gasteiger partial charge on any atom is 0.233 e. The molecule has 0 bridgehead atoms. The third-order valence-electron chi connectivity index (χ3n) is 5.17. The Balaban J connectivity index is 1.71. The van der Waals surface area contributed by atoms with E-state index in [4.69, 9.17) is 21.3 Å². The van der Waals surface area contributed by atoms with Gasteiger partial charge in [-0.3, -0.25) is 9.69 Å². The van der Waals surface area contributed by atoms with Crippen LogP contribution in [-0.2, 0) is 24.2 Å². The number of thiazole rings is 1. The highest BCUT2D eigenvalue weighted by Gasteiger charge is 2.22. The van der Waals surface area contributed by atoms with Crippen molar-refractivity contribution in [2.45, 2.75) is 26.3 Å². The molecule has 0 N–H and O–H groups in total. The van der Waals surface area contributed by atoms with Crippen molar-refractivity contribution >= 4 is 44.2 Å². The van der Waals surface area contributed by atoms with Crippen LogP contribution in [0.25, 0.3) is 10.2 Å². The lowest BCUT2D eigenvalue weighted by Gasteiger charge is -2.20. The molecule has 0 aliphatic heterocycles. The van der Waals surface area contributed by atoms with Crippen molar-refractivity contribution in [2.24, 2.45) is 0 Å². The number of anilines is 1. The summed E-state index contributed by atoms with van der Waals surface area (Å²) in [5.74, 6) is 0.631. The number of carbonyl (C=O) groups excluding carboxylic acids is 1. The second-order valence-electron chi connectivity index (χ2n) is 7.24. The molecule has 0 fully saturated rings. The second kappa shape index (κ2) is 9.50. The molecule has 1 heterocycles. The van der Waals surface area contributed by atoms with Crippen LogP contribution in [0.15, 0.2) is 66.7 Å². The fourth-order valence-corrected chi connectivity index (χ4v) is 4.69. The molecular weight excluding hydrogens is 428 g/mol. The molecule has 0 unspecified atom stereocenters. The molecule has 0 saturated carbocycles. The highest BCUT2D eigenvalue weighted by atomic mass is 35.5. The number of aryl methyl sites for hydroxylation is 1. The number of aromatic nitrogens is 1. The van der Waals surface area contributed by atoms with Crippen LogP contribution in [0, 0.1) is 0 Å². The van der Waals surface area contributed by atoms with E-state index in [2.05, 4.69) is 19.1 Å². The van der Waals surface area contributed by atoms with Crippen LogP contribution in [0.5, 0.6) is 5.75 Å². The van der Waals surface area contributed by atoms with Crippen LogP contribution in [-0.4, -0.2) is 18.0 Å². The standard InChI is InChI=1S/C25H23ClN2O2S/c1-3-17-9-11-18(12-10-17)15-22(29)28(16-19-7-5-4-6-8-19)25-27-23-21(30-2)14-13-20(26)24(23)31-25/h4-14H,3,15-16H2,1-2H3. The summed E-state index contributed by atoms with van der Waals surface area (Å²) in [4.78, 5) is 19.9. The van der Waals surface area contributed by atoms with E-state index in [0.717, 1.165) is 22.2 Å². The molecule has 4 nitrogen and oxygen atoms in total. The van der Waals surface area contributed by atoms with Crippen molar-refractivity contribution < 1.29 is 9.53 Å². The summed E-state index contributed by atoms with van der Waals surface area (Å²) in [6, 6.07) is 21.7. The lowest BCUT2D eigenvalue weighted by Crippen LogP contribution is -2.31. The third kappa shape index (κ3) is 4.73. The summed E-state index contributed by atoms with van der Waals surface area (Å²) in [5.41, 5.74) is 3.95. The molecule has 1 aromatic heterocycles. The Hall–Kier alpha value is -2.89. The van der Waals surface area contributed by atoms with Gasteiger partial charge in [0.25, 0.3) is 0 Å². The number of fused-ring (bicyclic) bond motifs is 1. The summed E-state index contributed by atoms with van der Waals surface area (Å²) in [5, 5.41) is 1.21. The largest absolute Gasteiger partial charge is 0.494 e. The molecule has 0 spiro atoms. The summed E-state index contributed by atoms with van der Waals surface area (Å²) in [6.45, 7) is 2.56. The van der Waals surface area contributed by atoms with Crippen molar-refractivity contribution in [1.82, 2.24) is 4.98 Å². The Kier molecular flexibility index (Phi) is 6.54. The molecule has 3 aromatic carbocycles. The number of rotatable bonds is 7. The number of methoxy groups -OCH3 is 1. The maximum atomic E-state index is 13.4. The van der Waals surface area contributed by atoms with E-state index in [0.29, 0.717) is 34.4 Å². The van der Waals surface area contributed by atoms with Gasteiger partial charge in [0, 0.05) is 0 Å². The van der Waals surface area contributed by atoms with E-state index in [-0.39, 0.29) is 5.91 Å². The molecule has 1 amide bonds. The first-order valence-corrected chi connectivity index (χ1v) is 11.3. The van der Waals surface area contributed by atoms with Gasteiger partial charge in [-0.25, -0.2) is 4.98 Å². The van der Waals surface area contributed by atoms with Gasteiger partial charge in [0.2, 0.25) is 5.91 Å². The van der Waals surface area contributed by atoms with Crippen LogP contribution < -0.4 is 9.64 Å². The summed E-state index contributed by atoms with van der Waals surface area (Å²) < 4.78 is 6.27. The van der Waals surface area contributed by atoms with Gasteiger partial charge in [-0.2, -0.15) is 0 Å². The van der Waals surface area contributed by atoms with Gasteiger partial charge in [-0.15, -0.1) is 0 Å². The van der Waals surface area contributed by atoms with Crippen LogP contribution >= 0.6 is 22.9 Å². The van der Waals surface area contributed by atoms with Crippen LogP contribution in [0.2, 0.25) is 5.02 Å². The number of hydrogen-bond donors (Lipinski definition) is 0. The van der Waals surface area contributed by atoms with Gasteiger partial charge in [0.1, 0.15) is 11.3 Å². The van der Waals surface area contributed by atoms with Gasteiger partial charge in [0.05, 0.1) is 29.8 Å². The predicted octanol–water partition coefficient (Wildman–Crippen LogP) is 6.30. The molecule has 0 aliphatic carbocycles. The Bertz CT molecular complexity index is 1190. The molecule has 158 valence electrons. The molecule has 6 heteroatoms. The van der Waals surface area contributed by atoms with E-state index >= 15 is 0 Å². The van der Waals surface area contributed by atoms with Crippen molar-refractivity contribution in [3.05, 3.63) is 88.4 Å². The minimum atomic E-state index is -0.0118. The number of hydrogen-bond acceptors (Lipinski definition) is 4. The van der Waals surface area contributed by atoms with Gasteiger partial charge in [-0.05, 0) is 35.2 Å². The molecule has 4 rings (SSSR count). The van der Waals surface area contributed by atoms with E-state index in [1.807, 2.05) is 42.5 Å². The molecule has 0 aliphatic rings. The van der Waals surface area contributed by atoms with Crippen LogP contribution in [0.3, 0.4) is 0 Å². The van der Waals surface area contributed by atoms with E-state index in [1.54, 1.807) is 24.1 Å². The molecule has 0 saturated heterocycles. The fourth-order valence-electron chi connectivity index (χ4n) is 3.41. The zero-order valence-corrected chi connectivity index (χ0v) is 19.0. The Morgan fingerprint density at radius 2 is 1.71 bits per heavy atom. The van der Waals surface area contributed by atoms with Gasteiger partial charge in [-0.1, -0.05) is 84.5 Å². The molecular formula is C25H23ClN2O2S. The van der Waals surface area contributed by atoms with Crippen LogP contribution in [0.1, 0.15) is 23.6 Å². The summed E-state index contributed by atoms with van der Waals surface area (Å²) in [6.07, 6.45) is 1.28. The fraction of sp³-hybridized carbons (Fsp3) is 0.200. The monoisotopic (exact) mass is 450 g/mol. The van der Waals surface area contributed by atoms with Crippen LogP contribution in [0.4, 0.5) is 5.13 Å². The minimum Gasteiger partial charge on any atom is -0.494 e. The first kappa shape index (κ1) is 21.3. The smallest absolute Gasteiger partial charge is 0.233 e. The number of halogens is 1. The lowest BCUT2D eigenvalue weighted by atomic mass is 10.1. The Labute approximate surface area is 191 Å². The normalized spacial score (nSPS) is 10.9. The maximum absolute atomic E-state index is 13.4. The highest BCUT2D eigenvalue weighted by Crippen LogP contribution is 2.39. The first-order valence-electron chi connectivity index (χ1n) is 10.1. The Morgan fingerprint density at radius 1 is 1.00 bits per heavy atom. The van der Waals surface area contributed by atoms with E-state index in [9.17, 15) is 4.79 Å². The average Bonchev–Trinajstić information content (AvgIpc) is 3.25. The van der Waals surface area contributed by atoms with Crippen molar-refractivity contribution in [2.75, 3.05) is 12.0 Å². The number of carbonyl (C=O) groups is 1. The topological polar surface area (TPSA) is 42.4 Å². The Morgan fingerprint density at radius 3 is 2.39 bits per heavy atom. The summed E-state index contributed by atoms with van der Waals surface area (Å²) in [7, 11) is 1.61. The first-order chi connectivity index (χ1) is 15.1. The average molecular weight is 451 g/mol. The highest BCUT2D eigenvalue weighted by molar-refractivity contribution is 7.23. The molecule has 0 radical (unpaired) electrons. The van der Waals surface area contributed by atoms with Crippen molar-refractivity contribution in [1.29, 1.82) is 0 Å². The third-order valence-corrected chi connectivity index (χ3v) is 6.71. The van der Waals surface area contributed by atoms with Gasteiger partial charge in [0.15, 0.2) is 5.13 Å². The number of amides is 1. The number of ether oxygens (including phenoxy) is 1. The van der Waals surface area contributed by atoms with Gasteiger partial charge < -0.3 is 4.74 Å². The predicted molar refractivity (Wildman–Crippen MR) is 128 cm³/mol. The molecule has 0 atom stereocenters. The number of nitrogens with zero attached hydrogens (tertiary/aromatic N) is 2. The zero-order valence-electron chi connectivity index (χ0n) is 17.5. The van der Waals surface area contributed by atoms with Gasteiger partial charge >= 0.3 is 0 Å².